The second-order valence-corrected chi connectivity index (χ2v) is 10.4. The van der Waals surface area contributed by atoms with Crippen LogP contribution < -0.4 is 9.47 Å². The van der Waals surface area contributed by atoms with E-state index in [1.807, 2.05) is 6.08 Å². The Morgan fingerprint density at radius 3 is 2.33 bits per heavy atom. The van der Waals surface area contributed by atoms with E-state index in [2.05, 4.69) is 13.5 Å². The van der Waals surface area contributed by atoms with Crippen LogP contribution in [0.15, 0.2) is 67.3 Å². The van der Waals surface area contributed by atoms with E-state index >= 15 is 8.78 Å². The number of allylic oxidation sites excluding steroid dienone is 1. The van der Waals surface area contributed by atoms with Gasteiger partial charge in [-0.15, -0.1) is 6.58 Å². The highest BCUT2D eigenvalue weighted by Gasteiger charge is 2.27. The number of halogens is 3. The van der Waals surface area contributed by atoms with Crippen LogP contribution in [0.2, 0.25) is 0 Å². The van der Waals surface area contributed by atoms with Gasteiger partial charge in [0.05, 0.1) is 12.7 Å². The van der Waals surface area contributed by atoms with Crippen molar-refractivity contribution in [2.75, 3.05) is 13.2 Å². The normalized spacial score (nSPS) is 17.0. The van der Waals surface area contributed by atoms with E-state index < -0.39 is 17.5 Å². The van der Waals surface area contributed by atoms with Gasteiger partial charge in [-0.25, -0.2) is 13.2 Å². The summed E-state index contributed by atoms with van der Waals surface area (Å²) < 4.78 is 61.9. The molecule has 40 heavy (non-hydrogen) atoms. The van der Waals surface area contributed by atoms with Crippen molar-refractivity contribution in [3.05, 3.63) is 95.8 Å². The van der Waals surface area contributed by atoms with Gasteiger partial charge in [-0.3, -0.25) is 0 Å². The first kappa shape index (κ1) is 29.7. The van der Waals surface area contributed by atoms with E-state index in [0.717, 1.165) is 63.5 Å². The Morgan fingerprint density at radius 1 is 0.850 bits per heavy atom. The van der Waals surface area contributed by atoms with Crippen molar-refractivity contribution in [3.8, 4) is 22.6 Å². The van der Waals surface area contributed by atoms with Gasteiger partial charge < -0.3 is 14.2 Å². The molecule has 0 spiro atoms. The molecule has 214 valence electrons. The zero-order chi connectivity index (χ0) is 28.3. The predicted octanol–water partition coefficient (Wildman–Crippen LogP) is 9.54. The summed E-state index contributed by atoms with van der Waals surface area (Å²) in [7, 11) is 0. The summed E-state index contributed by atoms with van der Waals surface area (Å²) >= 11 is 0. The van der Waals surface area contributed by atoms with Gasteiger partial charge in [-0.1, -0.05) is 55.8 Å². The van der Waals surface area contributed by atoms with Gasteiger partial charge in [0.1, 0.15) is 12.4 Å². The summed E-state index contributed by atoms with van der Waals surface area (Å²) in [6, 6.07) is 14.9. The highest BCUT2D eigenvalue weighted by molar-refractivity contribution is 5.65. The van der Waals surface area contributed by atoms with Crippen LogP contribution in [-0.2, 0) is 11.3 Å². The third-order valence-corrected chi connectivity index (χ3v) is 7.46. The molecule has 0 N–H and O–H groups in total. The van der Waals surface area contributed by atoms with Gasteiger partial charge in [-0.2, -0.15) is 0 Å². The smallest absolute Gasteiger partial charge is 0.168 e. The molecule has 0 saturated heterocycles. The van der Waals surface area contributed by atoms with Crippen molar-refractivity contribution in [1.29, 1.82) is 0 Å². The lowest BCUT2D eigenvalue weighted by Crippen LogP contribution is -2.22. The number of hydrogen-bond acceptors (Lipinski definition) is 3. The lowest BCUT2D eigenvalue weighted by atomic mass is 9.82. The molecule has 0 aromatic heterocycles. The fourth-order valence-corrected chi connectivity index (χ4v) is 5.09. The van der Waals surface area contributed by atoms with Crippen molar-refractivity contribution in [2.45, 2.75) is 76.9 Å². The molecule has 0 heterocycles. The zero-order valence-corrected chi connectivity index (χ0v) is 23.3. The highest BCUT2D eigenvalue weighted by atomic mass is 19.2. The number of unbranched alkanes of at least 4 members (excludes halogenated alkanes) is 2. The Bertz CT molecular complexity index is 1230. The number of hydrogen-bond donors (Lipinski definition) is 0. The lowest BCUT2D eigenvalue weighted by Gasteiger charge is -2.29. The van der Waals surface area contributed by atoms with Gasteiger partial charge in [0, 0.05) is 18.2 Å². The average Bonchev–Trinajstić information content (AvgIpc) is 2.97. The molecular weight excluding hydrogens is 513 g/mol. The largest absolute Gasteiger partial charge is 0.493 e. The molecule has 1 fully saturated rings. The molecular formula is C34H39F3O3. The van der Waals surface area contributed by atoms with Crippen LogP contribution in [0.4, 0.5) is 13.2 Å². The maximum absolute atomic E-state index is 15.2. The molecule has 1 aliphatic carbocycles. The van der Waals surface area contributed by atoms with Crippen LogP contribution in [0.1, 0.15) is 75.3 Å². The molecule has 6 heteroatoms. The van der Waals surface area contributed by atoms with Crippen molar-refractivity contribution in [3.63, 3.8) is 0 Å². The van der Waals surface area contributed by atoms with Crippen LogP contribution in [0.3, 0.4) is 0 Å². The summed E-state index contributed by atoms with van der Waals surface area (Å²) in [6.07, 6.45) is 9.19. The summed E-state index contributed by atoms with van der Waals surface area (Å²) in [6.45, 7) is 7.19. The second-order valence-electron chi connectivity index (χ2n) is 10.4. The third-order valence-electron chi connectivity index (χ3n) is 7.46. The molecule has 3 aromatic carbocycles. The summed E-state index contributed by atoms with van der Waals surface area (Å²) in [4.78, 5) is 0. The first-order valence-electron chi connectivity index (χ1n) is 14.3. The van der Waals surface area contributed by atoms with E-state index in [1.54, 1.807) is 42.5 Å². The third kappa shape index (κ3) is 7.91. The predicted molar refractivity (Wildman–Crippen MR) is 153 cm³/mol. The van der Waals surface area contributed by atoms with Crippen LogP contribution in [0, 0.1) is 17.5 Å². The SMILES string of the molecule is C=CCCCOc1ccc(OCc2ccc(-c3ccc(C4CCC(OCCCC)CC4)c(F)c3F)cc2)c(F)c1. The quantitative estimate of drug-likeness (QED) is 0.147. The zero-order valence-electron chi connectivity index (χ0n) is 23.3. The topological polar surface area (TPSA) is 27.7 Å². The van der Waals surface area contributed by atoms with Crippen LogP contribution in [-0.4, -0.2) is 19.3 Å². The van der Waals surface area contributed by atoms with E-state index in [4.69, 9.17) is 14.2 Å². The number of ether oxygens (including phenoxy) is 3. The average molecular weight is 553 g/mol. The van der Waals surface area contributed by atoms with Gasteiger partial charge in [0.25, 0.3) is 0 Å². The highest BCUT2D eigenvalue weighted by Crippen LogP contribution is 2.38. The maximum Gasteiger partial charge on any atom is 0.168 e. The minimum absolute atomic E-state index is 0.00684. The van der Waals surface area contributed by atoms with Crippen molar-refractivity contribution >= 4 is 0 Å². The summed E-state index contributed by atoms with van der Waals surface area (Å²) in [5.41, 5.74) is 2.03. The van der Waals surface area contributed by atoms with E-state index in [0.29, 0.717) is 23.5 Å². The Morgan fingerprint density at radius 2 is 1.62 bits per heavy atom. The van der Waals surface area contributed by atoms with Crippen LogP contribution >= 0.6 is 0 Å². The summed E-state index contributed by atoms with van der Waals surface area (Å²) in [5.74, 6) is -1.52. The molecule has 1 aliphatic rings. The first-order chi connectivity index (χ1) is 19.5. The van der Waals surface area contributed by atoms with E-state index in [-0.39, 0.29) is 29.9 Å². The fourth-order valence-electron chi connectivity index (χ4n) is 5.09. The standard InChI is InChI=1S/C34H39F3O3/c1-3-5-7-21-39-28-16-19-32(31(35)22-28)40-23-24-8-10-25(11-9-24)29-17-18-30(34(37)33(29)36)26-12-14-27(15-13-26)38-20-6-4-2/h3,8-11,16-19,22,26-27H,1,4-7,12-15,20-21,23H2,2H3. The maximum atomic E-state index is 15.2. The Labute approximate surface area is 236 Å². The van der Waals surface area contributed by atoms with E-state index in [9.17, 15) is 4.39 Å². The summed E-state index contributed by atoms with van der Waals surface area (Å²) in [5, 5.41) is 0. The minimum atomic E-state index is -0.823. The van der Waals surface area contributed by atoms with Crippen molar-refractivity contribution in [1.82, 2.24) is 0 Å². The molecule has 0 bridgehead atoms. The molecule has 3 nitrogen and oxygen atoms in total. The van der Waals surface area contributed by atoms with Crippen LogP contribution in [0.25, 0.3) is 11.1 Å². The second kappa shape index (κ2) is 14.9. The Balaban J connectivity index is 1.33. The molecule has 0 radical (unpaired) electrons. The van der Waals surface area contributed by atoms with Gasteiger partial charge in [0.15, 0.2) is 23.2 Å². The Kier molecular flexibility index (Phi) is 11.1. The first-order valence-corrected chi connectivity index (χ1v) is 14.3. The molecule has 0 atom stereocenters. The van der Waals surface area contributed by atoms with Crippen molar-refractivity contribution in [2.24, 2.45) is 0 Å². The van der Waals surface area contributed by atoms with Crippen molar-refractivity contribution < 1.29 is 27.4 Å². The van der Waals surface area contributed by atoms with E-state index in [1.165, 1.54) is 12.1 Å². The molecule has 3 aromatic rings. The molecule has 1 saturated carbocycles. The molecule has 4 rings (SSSR count). The minimum Gasteiger partial charge on any atom is -0.493 e. The lowest BCUT2D eigenvalue weighted by molar-refractivity contribution is 0.0230. The Hall–Kier alpha value is -3.25. The van der Waals surface area contributed by atoms with Gasteiger partial charge in [-0.05, 0) is 79.7 Å². The number of rotatable bonds is 14. The molecule has 0 aliphatic heterocycles. The van der Waals surface area contributed by atoms with Gasteiger partial charge >= 0.3 is 0 Å². The molecule has 0 unspecified atom stereocenters. The van der Waals surface area contributed by atoms with Gasteiger partial charge in [0.2, 0.25) is 0 Å². The monoisotopic (exact) mass is 552 g/mol. The fraction of sp³-hybridized carbons (Fsp3) is 0.412. The van der Waals surface area contributed by atoms with Crippen LogP contribution in [0.5, 0.6) is 11.5 Å². The number of benzene rings is 3. The molecule has 0 amide bonds.